The van der Waals surface area contributed by atoms with Crippen molar-refractivity contribution in [2.45, 2.75) is 58.4 Å². The average Bonchev–Trinajstić information content (AvgIpc) is 2.65. The molecule has 0 amide bonds. The van der Waals surface area contributed by atoms with Gasteiger partial charge in [0.1, 0.15) is 0 Å². The van der Waals surface area contributed by atoms with Crippen LogP contribution in [0.4, 0.5) is 0 Å². The molecule has 2 saturated heterocycles. The van der Waals surface area contributed by atoms with Crippen molar-refractivity contribution in [3.63, 3.8) is 0 Å². The minimum Gasteiger partial charge on any atom is -0.313 e. The third-order valence-electron chi connectivity index (χ3n) is 4.89. The van der Waals surface area contributed by atoms with E-state index in [1.54, 1.807) is 4.31 Å². The smallest absolute Gasteiger partial charge is 0.215 e. The zero-order valence-electron chi connectivity index (χ0n) is 13.0. The second-order valence-electron chi connectivity index (χ2n) is 6.76. The van der Waals surface area contributed by atoms with Crippen LogP contribution in [-0.4, -0.2) is 44.2 Å². The van der Waals surface area contributed by atoms with Gasteiger partial charge in [0, 0.05) is 19.1 Å². The van der Waals surface area contributed by atoms with Gasteiger partial charge >= 0.3 is 0 Å². The van der Waals surface area contributed by atoms with Crippen LogP contribution in [0, 0.1) is 11.8 Å². The van der Waals surface area contributed by atoms with Crippen LogP contribution >= 0.6 is 0 Å². The molecule has 0 aromatic carbocycles. The molecule has 2 aliphatic heterocycles. The highest BCUT2D eigenvalue weighted by atomic mass is 32.2. The molecule has 0 aromatic heterocycles. The van der Waals surface area contributed by atoms with Crippen LogP contribution in [0.15, 0.2) is 0 Å². The Morgan fingerprint density at radius 1 is 1.10 bits per heavy atom. The molecule has 2 aliphatic rings. The van der Waals surface area contributed by atoms with Gasteiger partial charge in [0.25, 0.3) is 0 Å². The molecule has 2 heterocycles. The number of hydrogen-bond acceptors (Lipinski definition) is 3. The Hall–Kier alpha value is -0.130. The second-order valence-corrected chi connectivity index (χ2v) is 8.77. The van der Waals surface area contributed by atoms with Crippen LogP contribution in [0.3, 0.4) is 0 Å². The van der Waals surface area contributed by atoms with Gasteiger partial charge in [-0.1, -0.05) is 20.3 Å². The average molecular weight is 302 g/mol. The predicted octanol–water partition coefficient (Wildman–Crippen LogP) is 2.22. The minimum absolute atomic E-state index is 0.165. The molecule has 0 radical (unpaired) electrons. The van der Waals surface area contributed by atoms with E-state index >= 15 is 0 Å². The topological polar surface area (TPSA) is 49.4 Å². The van der Waals surface area contributed by atoms with Gasteiger partial charge in [-0.25, -0.2) is 12.7 Å². The Labute approximate surface area is 124 Å². The van der Waals surface area contributed by atoms with Crippen molar-refractivity contribution in [2.75, 3.05) is 25.4 Å². The number of nitrogens with zero attached hydrogens (tertiary/aromatic N) is 1. The van der Waals surface area contributed by atoms with Gasteiger partial charge < -0.3 is 5.32 Å². The zero-order chi connectivity index (χ0) is 14.6. The first-order chi connectivity index (χ1) is 9.49. The standard InChI is InChI=1S/C15H30N2O2S/c1-13(2)14-6-5-10-17(11-8-14)20(18,19)12-15-7-3-4-9-16-15/h13-16H,3-12H2,1-2H3. The Bertz CT molecular complexity index is 389. The van der Waals surface area contributed by atoms with E-state index in [1.807, 2.05) is 0 Å². The number of sulfonamides is 1. The van der Waals surface area contributed by atoms with Crippen molar-refractivity contribution in [3.8, 4) is 0 Å². The van der Waals surface area contributed by atoms with E-state index in [4.69, 9.17) is 0 Å². The first kappa shape index (κ1) is 16.2. The summed E-state index contributed by atoms with van der Waals surface area (Å²) in [5, 5.41) is 3.35. The van der Waals surface area contributed by atoms with E-state index in [2.05, 4.69) is 19.2 Å². The zero-order valence-corrected chi connectivity index (χ0v) is 13.8. The van der Waals surface area contributed by atoms with Crippen LogP contribution < -0.4 is 5.32 Å². The van der Waals surface area contributed by atoms with Gasteiger partial charge in [0.05, 0.1) is 5.75 Å². The van der Waals surface area contributed by atoms with Crippen molar-refractivity contribution >= 4 is 10.0 Å². The maximum absolute atomic E-state index is 12.6. The molecule has 0 aliphatic carbocycles. The lowest BCUT2D eigenvalue weighted by Gasteiger charge is -2.27. The van der Waals surface area contributed by atoms with Gasteiger partial charge in [-0.2, -0.15) is 0 Å². The molecular weight excluding hydrogens is 272 g/mol. The van der Waals surface area contributed by atoms with E-state index in [1.165, 1.54) is 12.8 Å². The third kappa shape index (κ3) is 4.43. The molecule has 0 saturated carbocycles. The van der Waals surface area contributed by atoms with Gasteiger partial charge in [0.2, 0.25) is 10.0 Å². The lowest BCUT2D eigenvalue weighted by molar-refractivity contribution is 0.339. The molecule has 2 unspecified atom stereocenters. The third-order valence-corrected chi connectivity index (χ3v) is 6.87. The highest BCUT2D eigenvalue weighted by Gasteiger charge is 2.29. The molecule has 5 heteroatoms. The van der Waals surface area contributed by atoms with Crippen LogP contribution in [0.2, 0.25) is 0 Å². The molecule has 0 aromatic rings. The minimum atomic E-state index is -3.08. The highest BCUT2D eigenvalue weighted by Crippen LogP contribution is 2.26. The fourth-order valence-electron chi connectivity index (χ4n) is 3.47. The summed E-state index contributed by atoms with van der Waals surface area (Å²) < 4.78 is 26.9. The van der Waals surface area contributed by atoms with Crippen molar-refractivity contribution < 1.29 is 8.42 Å². The molecule has 1 N–H and O–H groups in total. The summed E-state index contributed by atoms with van der Waals surface area (Å²) >= 11 is 0. The fourth-order valence-corrected chi connectivity index (χ4v) is 5.26. The number of hydrogen-bond donors (Lipinski definition) is 1. The SMILES string of the molecule is CC(C)C1CCCN(S(=O)(=O)CC2CCCCN2)CC1. The van der Waals surface area contributed by atoms with Crippen LogP contribution in [-0.2, 0) is 10.0 Å². The lowest BCUT2D eigenvalue weighted by atomic mass is 9.89. The van der Waals surface area contributed by atoms with Gasteiger partial charge in [-0.05, 0) is 50.5 Å². The predicted molar refractivity (Wildman–Crippen MR) is 83.2 cm³/mol. The van der Waals surface area contributed by atoms with Gasteiger partial charge in [0.15, 0.2) is 0 Å². The van der Waals surface area contributed by atoms with E-state index in [0.29, 0.717) is 17.6 Å². The largest absolute Gasteiger partial charge is 0.313 e. The summed E-state index contributed by atoms with van der Waals surface area (Å²) in [5.41, 5.74) is 0. The first-order valence-corrected chi connectivity index (χ1v) is 9.81. The van der Waals surface area contributed by atoms with E-state index in [-0.39, 0.29) is 6.04 Å². The van der Waals surface area contributed by atoms with Crippen LogP contribution in [0.1, 0.15) is 52.4 Å². The molecular formula is C15H30N2O2S. The lowest BCUT2D eigenvalue weighted by Crippen LogP contribution is -2.44. The van der Waals surface area contributed by atoms with Crippen molar-refractivity contribution in [1.82, 2.24) is 9.62 Å². The quantitative estimate of drug-likeness (QED) is 0.866. The Balaban J connectivity index is 1.91. The summed E-state index contributed by atoms with van der Waals surface area (Å²) in [6.07, 6.45) is 6.54. The van der Waals surface area contributed by atoms with E-state index in [9.17, 15) is 8.42 Å². The molecule has 118 valence electrons. The number of nitrogens with one attached hydrogen (secondary N) is 1. The molecule has 2 fully saturated rings. The maximum Gasteiger partial charge on any atom is 0.215 e. The number of piperidine rings is 1. The van der Waals surface area contributed by atoms with Gasteiger partial charge in [-0.3, -0.25) is 0 Å². The summed E-state index contributed by atoms with van der Waals surface area (Å²) in [7, 11) is -3.08. The monoisotopic (exact) mass is 302 g/mol. The highest BCUT2D eigenvalue weighted by molar-refractivity contribution is 7.89. The van der Waals surface area contributed by atoms with Crippen molar-refractivity contribution in [2.24, 2.45) is 11.8 Å². The molecule has 20 heavy (non-hydrogen) atoms. The summed E-state index contributed by atoms with van der Waals surface area (Å²) in [4.78, 5) is 0. The van der Waals surface area contributed by atoms with E-state index < -0.39 is 10.0 Å². The van der Waals surface area contributed by atoms with Crippen LogP contribution in [0.5, 0.6) is 0 Å². The Morgan fingerprint density at radius 3 is 2.55 bits per heavy atom. The molecule has 0 spiro atoms. The molecule has 2 rings (SSSR count). The number of rotatable bonds is 4. The summed E-state index contributed by atoms with van der Waals surface area (Å²) in [5.74, 6) is 1.64. The van der Waals surface area contributed by atoms with Gasteiger partial charge in [-0.15, -0.1) is 0 Å². The Morgan fingerprint density at radius 2 is 1.90 bits per heavy atom. The maximum atomic E-state index is 12.6. The fraction of sp³-hybridized carbons (Fsp3) is 1.00. The van der Waals surface area contributed by atoms with E-state index in [0.717, 1.165) is 45.3 Å². The summed E-state index contributed by atoms with van der Waals surface area (Å²) in [6, 6.07) is 0.165. The summed E-state index contributed by atoms with van der Waals surface area (Å²) in [6.45, 7) is 6.91. The Kier molecular flexibility index (Phi) is 5.87. The van der Waals surface area contributed by atoms with Crippen molar-refractivity contribution in [1.29, 1.82) is 0 Å². The second kappa shape index (κ2) is 7.23. The first-order valence-electron chi connectivity index (χ1n) is 8.20. The van der Waals surface area contributed by atoms with Crippen molar-refractivity contribution in [3.05, 3.63) is 0 Å². The molecule has 4 nitrogen and oxygen atoms in total. The molecule has 2 atom stereocenters. The molecule has 0 bridgehead atoms. The normalized spacial score (nSPS) is 30.4. The van der Waals surface area contributed by atoms with Crippen LogP contribution in [0.25, 0.3) is 0 Å².